The van der Waals surface area contributed by atoms with E-state index in [4.69, 9.17) is 9.15 Å². The predicted octanol–water partition coefficient (Wildman–Crippen LogP) is 5.84. The molecule has 174 valence electrons. The van der Waals surface area contributed by atoms with Gasteiger partial charge in [-0.1, -0.05) is 38.1 Å². The lowest BCUT2D eigenvalue weighted by Crippen LogP contribution is -2.40. The highest BCUT2D eigenvalue weighted by molar-refractivity contribution is 6.06. The summed E-state index contributed by atoms with van der Waals surface area (Å²) < 4.78 is 11.0. The first-order valence-corrected chi connectivity index (χ1v) is 11.6. The Labute approximate surface area is 199 Å². The maximum absolute atomic E-state index is 13.8. The van der Waals surface area contributed by atoms with Gasteiger partial charge in [0, 0.05) is 29.5 Å². The van der Waals surface area contributed by atoms with Crippen LogP contribution in [0.15, 0.2) is 82.6 Å². The number of nitrogens with one attached hydrogen (secondary N) is 1. The number of carbonyl (C=O) groups is 2. The van der Waals surface area contributed by atoms with Crippen molar-refractivity contribution in [2.24, 2.45) is 5.92 Å². The average molecular weight is 457 g/mol. The van der Waals surface area contributed by atoms with Crippen LogP contribution in [0.2, 0.25) is 0 Å². The monoisotopic (exact) mass is 456 g/mol. The predicted molar refractivity (Wildman–Crippen MR) is 131 cm³/mol. The van der Waals surface area contributed by atoms with Crippen LogP contribution < -0.4 is 15.0 Å². The van der Waals surface area contributed by atoms with E-state index < -0.39 is 6.04 Å². The molecule has 0 radical (unpaired) electrons. The lowest BCUT2D eigenvalue weighted by atomic mass is 9.80. The highest BCUT2D eigenvalue weighted by Gasteiger charge is 2.42. The fourth-order valence-electron chi connectivity index (χ4n) is 4.94. The van der Waals surface area contributed by atoms with Crippen molar-refractivity contribution in [2.45, 2.75) is 38.6 Å². The topological polar surface area (TPSA) is 71.8 Å². The first-order valence-electron chi connectivity index (χ1n) is 11.6. The summed E-state index contributed by atoms with van der Waals surface area (Å²) >= 11 is 0. The van der Waals surface area contributed by atoms with E-state index in [0.29, 0.717) is 18.4 Å². The van der Waals surface area contributed by atoms with Crippen molar-refractivity contribution in [3.63, 3.8) is 0 Å². The van der Waals surface area contributed by atoms with Gasteiger partial charge in [-0.2, -0.15) is 0 Å². The summed E-state index contributed by atoms with van der Waals surface area (Å²) in [5.41, 5.74) is 3.92. The molecule has 6 heteroatoms. The van der Waals surface area contributed by atoms with Crippen LogP contribution in [0.3, 0.4) is 0 Å². The summed E-state index contributed by atoms with van der Waals surface area (Å²) in [5, 5.41) is 3.53. The zero-order valence-electron chi connectivity index (χ0n) is 19.6. The second-order valence-corrected chi connectivity index (χ2v) is 9.12. The van der Waals surface area contributed by atoms with Gasteiger partial charge in [0.25, 0.3) is 0 Å². The van der Waals surface area contributed by atoms with Crippen molar-refractivity contribution in [1.29, 1.82) is 0 Å². The quantitative estimate of drug-likeness (QED) is 0.534. The molecule has 6 nitrogen and oxygen atoms in total. The number of amides is 1. The maximum atomic E-state index is 13.8. The third-order valence-electron chi connectivity index (χ3n) is 6.60. The molecule has 0 unspecified atom stereocenters. The third-order valence-corrected chi connectivity index (χ3v) is 6.60. The second kappa shape index (κ2) is 8.86. The molecule has 1 amide bonds. The number of rotatable bonds is 4. The summed E-state index contributed by atoms with van der Waals surface area (Å²) in [6.07, 6.45) is 2.60. The van der Waals surface area contributed by atoms with Crippen LogP contribution >= 0.6 is 0 Å². The van der Waals surface area contributed by atoms with Gasteiger partial charge in [-0.3, -0.25) is 14.5 Å². The Morgan fingerprint density at radius 2 is 1.82 bits per heavy atom. The van der Waals surface area contributed by atoms with Crippen LogP contribution in [-0.2, 0) is 9.59 Å². The van der Waals surface area contributed by atoms with Crippen LogP contribution in [-0.4, -0.2) is 18.8 Å². The third kappa shape index (κ3) is 3.79. The molecule has 0 bridgehead atoms. The molecule has 1 aromatic heterocycles. The first-order chi connectivity index (χ1) is 16.5. The number of allylic oxidation sites excluding steroid dienone is 1. The van der Waals surface area contributed by atoms with E-state index in [1.54, 1.807) is 18.3 Å². The minimum absolute atomic E-state index is 0.0188. The number of methoxy groups -OCH3 is 1. The lowest BCUT2D eigenvalue weighted by Gasteiger charge is -2.35. The largest absolute Gasteiger partial charge is 0.497 e. The number of anilines is 2. The van der Waals surface area contributed by atoms with Gasteiger partial charge in [-0.05, 0) is 48.4 Å². The fourth-order valence-corrected chi connectivity index (χ4v) is 4.94. The molecule has 1 aliphatic heterocycles. The Balaban J connectivity index is 1.72. The van der Waals surface area contributed by atoms with E-state index in [2.05, 4.69) is 5.32 Å². The molecule has 0 fully saturated rings. The van der Waals surface area contributed by atoms with E-state index >= 15 is 0 Å². The number of carbonyl (C=O) groups excluding carboxylic acids is 2. The van der Waals surface area contributed by atoms with E-state index in [1.165, 1.54) is 0 Å². The summed E-state index contributed by atoms with van der Waals surface area (Å²) in [6, 6.07) is 18.6. The van der Waals surface area contributed by atoms with Gasteiger partial charge in [0.15, 0.2) is 5.78 Å². The minimum Gasteiger partial charge on any atom is -0.497 e. The van der Waals surface area contributed by atoms with Gasteiger partial charge in [0.05, 0.1) is 30.8 Å². The zero-order chi connectivity index (χ0) is 23.8. The number of fused-ring (bicyclic) bond motifs is 1. The van der Waals surface area contributed by atoms with Crippen LogP contribution in [0, 0.1) is 5.92 Å². The molecule has 2 aliphatic rings. The van der Waals surface area contributed by atoms with Crippen LogP contribution in [0.1, 0.15) is 50.0 Å². The number of nitrogens with zero attached hydrogens (tertiary/aromatic N) is 1. The Morgan fingerprint density at radius 1 is 1.06 bits per heavy atom. The number of para-hydroxylation sites is 2. The highest BCUT2D eigenvalue weighted by Crippen LogP contribution is 2.47. The van der Waals surface area contributed by atoms with Gasteiger partial charge in [0.2, 0.25) is 5.91 Å². The standard InChI is InChI=1S/C28H28N2O4/c1-17(2)28(32)30-23-8-5-4-7-21(23)29-22-15-19(25-9-6-14-34-25)16-24(31)26(22)27(30)18-10-12-20(33-3)13-11-18/h4-14,17,19,27,29H,15-16H2,1-3H3/t19-,27-/m1/s1. The smallest absolute Gasteiger partial charge is 0.230 e. The second-order valence-electron chi connectivity index (χ2n) is 9.12. The number of furan rings is 1. The highest BCUT2D eigenvalue weighted by atomic mass is 16.5. The Hall–Kier alpha value is -3.80. The summed E-state index contributed by atoms with van der Waals surface area (Å²) in [6.45, 7) is 3.78. The number of hydrogen-bond acceptors (Lipinski definition) is 5. The van der Waals surface area contributed by atoms with Gasteiger partial charge in [0.1, 0.15) is 11.5 Å². The van der Waals surface area contributed by atoms with Crippen LogP contribution in [0.5, 0.6) is 5.75 Å². The van der Waals surface area contributed by atoms with Gasteiger partial charge < -0.3 is 14.5 Å². The Kier molecular flexibility index (Phi) is 5.74. The SMILES string of the molecule is COc1ccc([C@@H]2C3=C(C[C@@H](c4ccco4)CC3=O)Nc3ccccc3N2C(=O)C(C)C)cc1. The van der Waals surface area contributed by atoms with Crippen molar-refractivity contribution < 1.29 is 18.7 Å². The Bertz CT molecular complexity index is 1240. The Morgan fingerprint density at radius 3 is 2.50 bits per heavy atom. The van der Waals surface area contributed by atoms with Crippen molar-refractivity contribution in [3.8, 4) is 5.75 Å². The van der Waals surface area contributed by atoms with Crippen molar-refractivity contribution in [1.82, 2.24) is 0 Å². The van der Waals surface area contributed by atoms with Crippen LogP contribution in [0.4, 0.5) is 11.4 Å². The number of hydrogen-bond donors (Lipinski definition) is 1. The van der Waals surface area contributed by atoms with E-state index in [9.17, 15) is 9.59 Å². The lowest BCUT2D eigenvalue weighted by molar-refractivity contribution is -0.121. The molecule has 0 saturated heterocycles. The van der Waals surface area contributed by atoms with Gasteiger partial charge in [-0.15, -0.1) is 0 Å². The van der Waals surface area contributed by atoms with Crippen molar-refractivity contribution in [2.75, 3.05) is 17.3 Å². The summed E-state index contributed by atoms with van der Waals surface area (Å²) in [4.78, 5) is 29.3. The molecule has 5 rings (SSSR count). The summed E-state index contributed by atoms with van der Waals surface area (Å²) in [7, 11) is 1.62. The molecule has 1 aliphatic carbocycles. The first kappa shape index (κ1) is 22.0. The molecule has 1 N–H and O–H groups in total. The maximum Gasteiger partial charge on any atom is 0.230 e. The molecule has 3 aromatic rings. The van der Waals surface area contributed by atoms with Gasteiger partial charge >= 0.3 is 0 Å². The molecular formula is C28H28N2O4. The molecule has 34 heavy (non-hydrogen) atoms. The van der Waals surface area contributed by atoms with E-state index in [-0.39, 0.29) is 23.5 Å². The molecule has 2 aromatic carbocycles. The molecule has 0 spiro atoms. The number of ketones is 1. The van der Waals surface area contributed by atoms with Crippen molar-refractivity contribution in [3.05, 3.63) is 89.5 Å². The van der Waals surface area contributed by atoms with Crippen LogP contribution in [0.25, 0.3) is 0 Å². The van der Waals surface area contributed by atoms with Crippen molar-refractivity contribution >= 4 is 23.1 Å². The summed E-state index contributed by atoms with van der Waals surface area (Å²) in [5.74, 6) is 1.21. The van der Waals surface area contributed by atoms with E-state index in [1.807, 2.05) is 74.5 Å². The molecule has 2 heterocycles. The number of benzene rings is 2. The average Bonchev–Trinajstić information content (AvgIpc) is 3.34. The molecular weight excluding hydrogens is 428 g/mol. The number of Topliss-reactive ketones (excluding diaryl/α,β-unsaturated/α-hetero) is 1. The molecule has 0 saturated carbocycles. The minimum atomic E-state index is -0.544. The normalized spacial score (nSPS) is 19.9. The fraction of sp³-hybridized carbons (Fsp3) is 0.286. The van der Waals surface area contributed by atoms with E-state index in [0.717, 1.165) is 34.1 Å². The molecule has 2 atom stereocenters. The van der Waals surface area contributed by atoms with Gasteiger partial charge in [-0.25, -0.2) is 0 Å². The number of ether oxygens (including phenoxy) is 1. The zero-order valence-corrected chi connectivity index (χ0v) is 19.6.